The summed E-state index contributed by atoms with van der Waals surface area (Å²) in [6, 6.07) is 30.5. The van der Waals surface area contributed by atoms with Gasteiger partial charge in [-0.1, -0.05) is 66.4 Å². The Morgan fingerprint density at radius 1 is 0.903 bits per heavy atom. The van der Waals surface area contributed by atoms with Crippen molar-refractivity contribution in [2.45, 2.75) is 28.6 Å². The average Bonchev–Trinajstić information content (AvgIpc) is 3.40. The highest BCUT2D eigenvalue weighted by molar-refractivity contribution is 7.99. The number of rotatable bonds is 6. The number of hydrogen-bond acceptors (Lipinski definition) is 4. The van der Waals surface area contributed by atoms with E-state index in [0.29, 0.717) is 11.7 Å². The number of aromatic nitrogens is 1. The molecule has 1 fully saturated rings. The van der Waals surface area contributed by atoms with Crippen molar-refractivity contribution in [3.63, 3.8) is 0 Å². The number of nitrogens with zero attached hydrogens (tertiary/aromatic N) is 2. The fraction of sp³-hybridized carbons (Fsp3) is 0.120. The molecule has 3 heterocycles. The quantitative estimate of drug-likeness (QED) is 0.369. The Labute approximate surface area is 191 Å². The van der Waals surface area contributed by atoms with Crippen LogP contribution in [-0.2, 0) is 6.54 Å². The van der Waals surface area contributed by atoms with Gasteiger partial charge in [0, 0.05) is 17.6 Å². The molecule has 2 atom stereocenters. The topological polar surface area (TPSA) is 41.3 Å². The van der Waals surface area contributed by atoms with Gasteiger partial charge in [-0.25, -0.2) is 0 Å². The first-order chi connectivity index (χ1) is 15.3. The normalized spacial score (nSPS) is 18.2. The fourth-order valence-electron chi connectivity index (χ4n) is 3.82. The van der Waals surface area contributed by atoms with Crippen molar-refractivity contribution in [1.29, 1.82) is 0 Å². The molecule has 0 unspecified atom stereocenters. The van der Waals surface area contributed by atoms with Gasteiger partial charge in [0.25, 0.3) is 0 Å². The Bertz CT molecular complexity index is 1150. The first kappa shape index (κ1) is 19.8. The van der Waals surface area contributed by atoms with Gasteiger partial charge in [0.2, 0.25) is 0 Å². The summed E-state index contributed by atoms with van der Waals surface area (Å²) in [7, 11) is 0. The molecule has 1 aliphatic rings. The molecule has 0 saturated carbocycles. The molecule has 1 aliphatic heterocycles. The van der Waals surface area contributed by atoms with E-state index in [4.69, 9.17) is 16.6 Å². The Hall–Kier alpha value is -3.09. The standard InChI is InChI=1S/C25H21N3OS2/c30-25-27-23(20-13-7-8-16-26-20)24(28(25)17-18-9-3-1-4-10-18)21-14-15-22(29-21)31-19-11-5-2-6-12-19/h1-16,23-24H,17H2,(H,27,30)/t23-,24+/m0/s1. The van der Waals surface area contributed by atoms with Crippen LogP contribution in [0.3, 0.4) is 0 Å². The maximum absolute atomic E-state index is 6.33. The molecule has 2 aromatic carbocycles. The second kappa shape index (κ2) is 8.96. The summed E-state index contributed by atoms with van der Waals surface area (Å²) in [5, 5.41) is 5.04. The summed E-state index contributed by atoms with van der Waals surface area (Å²) in [5.74, 6) is 0.873. The van der Waals surface area contributed by atoms with Gasteiger partial charge < -0.3 is 14.6 Å². The van der Waals surface area contributed by atoms with E-state index in [-0.39, 0.29) is 12.1 Å². The molecule has 154 valence electrons. The second-order valence-electron chi connectivity index (χ2n) is 7.31. The molecular weight excluding hydrogens is 422 g/mol. The van der Waals surface area contributed by atoms with Crippen molar-refractivity contribution in [3.05, 3.63) is 114 Å². The minimum absolute atomic E-state index is 0.0851. The average molecular weight is 444 g/mol. The maximum atomic E-state index is 6.33. The molecule has 31 heavy (non-hydrogen) atoms. The third-order valence-electron chi connectivity index (χ3n) is 5.25. The molecule has 0 spiro atoms. The van der Waals surface area contributed by atoms with Gasteiger partial charge in [0.15, 0.2) is 10.2 Å². The van der Waals surface area contributed by atoms with Crippen LogP contribution in [0.2, 0.25) is 0 Å². The highest BCUT2D eigenvalue weighted by Crippen LogP contribution is 2.41. The number of thiocarbonyl (C=S) groups is 1. The Balaban J connectivity index is 1.48. The highest BCUT2D eigenvalue weighted by atomic mass is 32.2. The van der Waals surface area contributed by atoms with E-state index in [1.54, 1.807) is 11.8 Å². The minimum atomic E-state index is -0.0901. The van der Waals surface area contributed by atoms with Gasteiger partial charge in [-0.3, -0.25) is 4.98 Å². The van der Waals surface area contributed by atoms with Gasteiger partial charge in [0.05, 0.1) is 11.7 Å². The lowest BCUT2D eigenvalue weighted by molar-refractivity contribution is 0.254. The number of pyridine rings is 1. The predicted molar refractivity (Wildman–Crippen MR) is 127 cm³/mol. The molecule has 5 rings (SSSR count). The molecule has 0 amide bonds. The van der Waals surface area contributed by atoms with Crippen LogP contribution in [0.15, 0.2) is 112 Å². The van der Waals surface area contributed by atoms with Gasteiger partial charge in [0.1, 0.15) is 11.8 Å². The summed E-state index contributed by atoms with van der Waals surface area (Å²) in [5.41, 5.74) is 2.14. The lowest BCUT2D eigenvalue weighted by Crippen LogP contribution is -2.28. The van der Waals surface area contributed by atoms with E-state index in [0.717, 1.165) is 21.4 Å². The van der Waals surface area contributed by atoms with E-state index in [1.807, 2.05) is 54.7 Å². The molecule has 6 heteroatoms. The van der Waals surface area contributed by atoms with Crippen LogP contribution in [-0.4, -0.2) is 15.0 Å². The monoisotopic (exact) mass is 443 g/mol. The Morgan fingerprint density at radius 3 is 2.39 bits per heavy atom. The zero-order chi connectivity index (χ0) is 21.0. The lowest BCUT2D eigenvalue weighted by atomic mass is 10.0. The molecule has 4 aromatic rings. The number of benzene rings is 2. The smallest absolute Gasteiger partial charge is 0.170 e. The number of hydrogen-bond donors (Lipinski definition) is 1. The van der Waals surface area contributed by atoms with Crippen LogP contribution < -0.4 is 5.32 Å². The molecule has 4 nitrogen and oxygen atoms in total. The number of furan rings is 1. The molecule has 1 saturated heterocycles. The number of nitrogens with one attached hydrogen (secondary N) is 1. The van der Waals surface area contributed by atoms with E-state index < -0.39 is 0 Å². The summed E-state index contributed by atoms with van der Waals surface area (Å²) < 4.78 is 6.33. The summed E-state index contributed by atoms with van der Waals surface area (Å²) >= 11 is 7.36. The van der Waals surface area contributed by atoms with Crippen molar-refractivity contribution in [3.8, 4) is 0 Å². The van der Waals surface area contributed by atoms with Crippen LogP contribution in [0.5, 0.6) is 0 Å². The van der Waals surface area contributed by atoms with Crippen LogP contribution >= 0.6 is 24.0 Å². The van der Waals surface area contributed by atoms with Gasteiger partial charge in [-0.05, 0) is 54.2 Å². The van der Waals surface area contributed by atoms with Crippen LogP contribution in [0.4, 0.5) is 0 Å². The summed E-state index contributed by atoms with van der Waals surface area (Å²) in [6.45, 7) is 0.697. The minimum Gasteiger partial charge on any atom is -0.452 e. The van der Waals surface area contributed by atoms with Crippen molar-refractivity contribution in [2.75, 3.05) is 0 Å². The zero-order valence-corrected chi connectivity index (χ0v) is 18.4. The zero-order valence-electron chi connectivity index (χ0n) is 16.7. The Kier molecular flexibility index (Phi) is 5.74. The molecule has 0 radical (unpaired) electrons. The molecule has 0 bridgehead atoms. The van der Waals surface area contributed by atoms with Crippen molar-refractivity contribution < 1.29 is 4.42 Å². The molecule has 2 aromatic heterocycles. The van der Waals surface area contributed by atoms with Gasteiger partial charge in [-0.15, -0.1) is 0 Å². The van der Waals surface area contributed by atoms with Crippen molar-refractivity contribution in [1.82, 2.24) is 15.2 Å². The first-order valence-corrected chi connectivity index (χ1v) is 11.3. The third-order valence-corrected chi connectivity index (χ3v) is 6.53. The van der Waals surface area contributed by atoms with Crippen LogP contribution in [0, 0.1) is 0 Å². The van der Waals surface area contributed by atoms with E-state index in [2.05, 4.69) is 57.7 Å². The van der Waals surface area contributed by atoms with Gasteiger partial charge in [-0.2, -0.15) is 0 Å². The van der Waals surface area contributed by atoms with E-state index in [9.17, 15) is 0 Å². The largest absolute Gasteiger partial charge is 0.452 e. The molecule has 1 N–H and O–H groups in total. The molecular formula is C25H21N3OS2. The lowest BCUT2D eigenvalue weighted by Gasteiger charge is -2.26. The maximum Gasteiger partial charge on any atom is 0.170 e. The van der Waals surface area contributed by atoms with Crippen LogP contribution in [0.1, 0.15) is 29.1 Å². The van der Waals surface area contributed by atoms with Crippen molar-refractivity contribution in [2.24, 2.45) is 0 Å². The summed E-state index contributed by atoms with van der Waals surface area (Å²) in [4.78, 5) is 7.93. The summed E-state index contributed by atoms with van der Waals surface area (Å²) in [6.07, 6.45) is 1.82. The SMILES string of the molecule is S=C1N[C@@H](c2ccccn2)[C@@H](c2ccc(Sc3ccccc3)o2)N1Cc1ccccc1. The van der Waals surface area contributed by atoms with Gasteiger partial charge >= 0.3 is 0 Å². The van der Waals surface area contributed by atoms with E-state index >= 15 is 0 Å². The third kappa shape index (κ3) is 4.36. The highest BCUT2D eigenvalue weighted by Gasteiger charge is 2.41. The second-order valence-corrected chi connectivity index (χ2v) is 8.78. The predicted octanol–water partition coefficient (Wildman–Crippen LogP) is 6.00. The van der Waals surface area contributed by atoms with Crippen molar-refractivity contribution >= 4 is 29.1 Å². The molecule has 0 aliphatic carbocycles. The van der Waals surface area contributed by atoms with E-state index in [1.165, 1.54) is 5.56 Å². The van der Waals surface area contributed by atoms with Crippen LogP contribution in [0.25, 0.3) is 0 Å². The Morgan fingerprint density at radius 2 is 1.65 bits per heavy atom. The first-order valence-electron chi connectivity index (χ1n) is 10.1. The fourth-order valence-corrected chi connectivity index (χ4v) is 4.92.